The van der Waals surface area contributed by atoms with Gasteiger partial charge in [-0.15, -0.1) is 0 Å². The third-order valence-electron chi connectivity index (χ3n) is 4.32. The molecule has 2 aromatic rings. The van der Waals surface area contributed by atoms with Crippen LogP contribution in [0.2, 0.25) is 0 Å². The number of nitrogens with zero attached hydrogens (tertiary/aromatic N) is 5. The second-order valence-corrected chi connectivity index (χ2v) is 8.40. The van der Waals surface area contributed by atoms with Crippen molar-refractivity contribution in [1.29, 1.82) is 0 Å². The summed E-state index contributed by atoms with van der Waals surface area (Å²) in [6.07, 6.45) is 3.67. The zero-order valence-corrected chi connectivity index (χ0v) is 15.5. The van der Waals surface area contributed by atoms with Gasteiger partial charge in [0.2, 0.25) is 15.9 Å². The van der Waals surface area contributed by atoms with Crippen LogP contribution < -0.4 is 0 Å². The van der Waals surface area contributed by atoms with E-state index in [1.165, 1.54) is 10.6 Å². The Labute approximate surface area is 147 Å². The number of sulfonamides is 1. The Morgan fingerprint density at radius 1 is 1.24 bits per heavy atom. The Bertz CT molecular complexity index is 819. The van der Waals surface area contributed by atoms with Crippen LogP contribution in [0.1, 0.15) is 35.4 Å². The molecule has 1 saturated heterocycles. The van der Waals surface area contributed by atoms with Crippen LogP contribution >= 0.6 is 0 Å². The molecule has 0 saturated carbocycles. The lowest BCUT2D eigenvalue weighted by Gasteiger charge is -2.24. The molecular weight excluding hydrogens is 342 g/mol. The molecule has 3 heterocycles. The van der Waals surface area contributed by atoms with Gasteiger partial charge in [0, 0.05) is 32.4 Å². The molecule has 8 nitrogen and oxygen atoms in total. The largest absolute Gasteiger partial charge is 0.338 e. The molecule has 0 amide bonds. The van der Waals surface area contributed by atoms with Gasteiger partial charge in [0.15, 0.2) is 5.82 Å². The quantitative estimate of drug-likeness (QED) is 0.806. The van der Waals surface area contributed by atoms with E-state index in [4.69, 9.17) is 4.52 Å². The number of hydrogen-bond acceptors (Lipinski definition) is 7. The van der Waals surface area contributed by atoms with Gasteiger partial charge in [-0.25, -0.2) is 8.42 Å². The molecule has 2 aromatic heterocycles. The van der Waals surface area contributed by atoms with E-state index in [0.717, 1.165) is 17.8 Å². The average molecular weight is 365 g/mol. The molecule has 0 bridgehead atoms. The number of rotatable bonds is 4. The summed E-state index contributed by atoms with van der Waals surface area (Å²) < 4.78 is 31.2. The van der Waals surface area contributed by atoms with Crippen molar-refractivity contribution in [3.63, 3.8) is 0 Å². The minimum absolute atomic E-state index is 0.359. The highest BCUT2D eigenvalue weighted by Crippen LogP contribution is 2.28. The smallest absolute Gasteiger partial charge is 0.245 e. The maximum absolute atomic E-state index is 12.2. The van der Waals surface area contributed by atoms with E-state index in [1.807, 2.05) is 25.3 Å². The van der Waals surface area contributed by atoms with E-state index in [-0.39, 0.29) is 0 Å². The van der Waals surface area contributed by atoms with Crippen molar-refractivity contribution in [3.8, 4) is 0 Å². The molecule has 25 heavy (non-hydrogen) atoms. The summed E-state index contributed by atoms with van der Waals surface area (Å²) in [6, 6.07) is 3.62. The molecule has 1 aliphatic heterocycles. The molecule has 136 valence electrons. The fraction of sp³-hybridized carbons (Fsp3) is 0.562. The topological polar surface area (TPSA) is 92.4 Å². The zero-order chi connectivity index (χ0) is 18.0. The van der Waals surface area contributed by atoms with Crippen LogP contribution in [-0.4, -0.2) is 58.6 Å². The van der Waals surface area contributed by atoms with Gasteiger partial charge in [-0.2, -0.15) is 9.29 Å². The second-order valence-electron chi connectivity index (χ2n) is 6.46. The van der Waals surface area contributed by atoms with E-state index in [1.54, 1.807) is 6.92 Å². The van der Waals surface area contributed by atoms with Gasteiger partial charge in [-0.1, -0.05) is 11.2 Å². The SMILES string of the molecule is Cc1ccc(CN2CCC(c3nc(C)no3)N(S(C)(=O)=O)CC2)nc1. The summed E-state index contributed by atoms with van der Waals surface area (Å²) in [5.41, 5.74) is 2.10. The first kappa shape index (κ1) is 18.0. The third kappa shape index (κ3) is 4.42. The summed E-state index contributed by atoms with van der Waals surface area (Å²) in [7, 11) is -3.38. The first-order chi connectivity index (χ1) is 11.8. The number of pyridine rings is 1. The maximum Gasteiger partial charge on any atom is 0.245 e. The molecule has 9 heteroatoms. The van der Waals surface area contributed by atoms with Gasteiger partial charge >= 0.3 is 0 Å². The molecule has 1 atom stereocenters. The van der Waals surface area contributed by atoms with Crippen molar-refractivity contribution >= 4 is 10.0 Å². The molecule has 0 aliphatic carbocycles. The van der Waals surface area contributed by atoms with Crippen molar-refractivity contribution in [2.45, 2.75) is 32.9 Å². The summed E-state index contributed by atoms with van der Waals surface area (Å²) >= 11 is 0. The molecule has 1 aliphatic rings. The summed E-state index contributed by atoms with van der Waals surface area (Å²) in [5, 5.41) is 3.80. The number of aryl methyl sites for hydroxylation is 2. The lowest BCUT2D eigenvalue weighted by Crippen LogP contribution is -2.36. The van der Waals surface area contributed by atoms with Crippen LogP contribution in [-0.2, 0) is 16.6 Å². The third-order valence-corrected chi connectivity index (χ3v) is 5.60. The number of hydrogen-bond donors (Lipinski definition) is 0. The van der Waals surface area contributed by atoms with E-state index in [0.29, 0.717) is 37.8 Å². The minimum Gasteiger partial charge on any atom is -0.338 e. The molecule has 1 fully saturated rings. The highest BCUT2D eigenvalue weighted by Gasteiger charge is 2.34. The standard InChI is InChI=1S/C16H23N5O3S/c1-12-4-5-14(17-10-12)11-20-7-6-15(16-18-13(2)19-24-16)21(9-8-20)25(3,22)23/h4-5,10,15H,6-9,11H2,1-3H3. The Morgan fingerprint density at radius 3 is 2.64 bits per heavy atom. The van der Waals surface area contributed by atoms with Crippen LogP contribution in [0.3, 0.4) is 0 Å². The van der Waals surface area contributed by atoms with Crippen molar-refractivity contribution in [2.75, 3.05) is 25.9 Å². The summed E-state index contributed by atoms with van der Waals surface area (Å²) in [6.45, 7) is 6.16. The molecule has 0 radical (unpaired) electrons. The van der Waals surface area contributed by atoms with E-state index >= 15 is 0 Å². The maximum atomic E-state index is 12.2. The lowest BCUT2D eigenvalue weighted by molar-refractivity contribution is 0.257. The van der Waals surface area contributed by atoms with E-state index < -0.39 is 16.1 Å². The molecule has 1 unspecified atom stereocenters. The Balaban J connectivity index is 1.78. The fourth-order valence-electron chi connectivity index (χ4n) is 3.03. The molecule has 3 rings (SSSR count). The predicted octanol–water partition coefficient (Wildman–Crippen LogP) is 1.29. The number of aromatic nitrogens is 3. The van der Waals surface area contributed by atoms with Crippen LogP contribution in [0, 0.1) is 13.8 Å². The molecule has 0 aromatic carbocycles. The van der Waals surface area contributed by atoms with Gasteiger partial charge in [0.1, 0.15) is 6.04 Å². The highest BCUT2D eigenvalue weighted by atomic mass is 32.2. The van der Waals surface area contributed by atoms with Crippen molar-refractivity contribution in [1.82, 2.24) is 24.3 Å². The Kier molecular flexibility index (Phi) is 5.16. The summed E-state index contributed by atoms with van der Waals surface area (Å²) in [4.78, 5) is 10.9. The van der Waals surface area contributed by atoms with Gasteiger partial charge < -0.3 is 4.52 Å². The summed E-state index contributed by atoms with van der Waals surface area (Å²) in [5.74, 6) is 0.867. The van der Waals surface area contributed by atoms with Crippen LogP contribution in [0.4, 0.5) is 0 Å². The second kappa shape index (κ2) is 7.19. The average Bonchev–Trinajstić information content (AvgIpc) is 2.85. The van der Waals surface area contributed by atoms with Gasteiger partial charge in [0.25, 0.3) is 0 Å². The molecule has 0 N–H and O–H groups in total. The van der Waals surface area contributed by atoms with Crippen molar-refractivity contribution in [2.24, 2.45) is 0 Å². The first-order valence-electron chi connectivity index (χ1n) is 8.24. The lowest BCUT2D eigenvalue weighted by atomic mass is 10.2. The van der Waals surface area contributed by atoms with E-state index in [2.05, 4.69) is 20.0 Å². The minimum atomic E-state index is -3.38. The fourth-order valence-corrected chi connectivity index (χ4v) is 4.10. The van der Waals surface area contributed by atoms with Gasteiger partial charge in [-0.05, 0) is 31.9 Å². The Morgan fingerprint density at radius 2 is 2.04 bits per heavy atom. The first-order valence-corrected chi connectivity index (χ1v) is 10.1. The van der Waals surface area contributed by atoms with Gasteiger partial charge in [0.05, 0.1) is 11.9 Å². The monoisotopic (exact) mass is 365 g/mol. The van der Waals surface area contributed by atoms with Crippen LogP contribution in [0.25, 0.3) is 0 Å². The van der Waals surface area contributed by atoms with Crippen molar-refractivity contribution < 1.29 is 12.9 Å². The Hall–Kier alpha value is -1.84. The zero-order valence-electron chi connectivity index (χ0n) is 14.7. The van der Waals surface area contributed by atoms with Crippen LogP contribution in [0.5, 0.6) is 0 Å². The highest BCUT2D eigenvalue weighted by molar-refractivity contribution is 7.88. The van der Waals surface area contributed by atoms with Gasteiger partial charge in [-0.3, -0.25) is 9.88 Å². The molecule has 0 spiro atoms. The van der Waals surface area contributed by atoms with E-state index in [9.17, 15) is 8.42 Å². The van der Waals surface area contributed by atoms with Crippen LogP contribution in [0.15, 0.2) is 22.9 Å². The predicted molar refractivity (Wildman–Crippen MR) is 92.2 cm³/mol. The normalized spacial score (nSPS) is 20.5. The van der Waals surface area contributed by atoms with Crippen molar-refractivity contribution in [3.05, 3.63) is 41.3 Å². The molecular formula is C16H23N5O3S.